The summed E-state index contributed by atoms with van der Waals surface area (Å²) in [6.45, 7) is 5.85. The first-order valence-electron chi connectivity index (χ1n) is 4.94. The first-order chi connectivity index (χ1) is 6.79. The molecule has 1 aliphatic rings. The Morgan fingerprint density at radius 2 is 2.07 bits per heavy atom. The Labute approximate surface area is 83.9 Å². The Hall–Kier alpha value is -1.16. The van der Waals surface area contributed by atoms with Crippen molar-refractivity contribution < 1.29 is 4.74 Å². The fourth-order valence-electron chi connectivity index (χ4n) is 1.65. The monoisotopic (exact) mass is 193 g/mol. The van der Waals surface area contributed by atoms with Crippen LogP contribution in [0.5, 0.6) is 0 Å². The molecule has 1 aliphatic heterocycles. The summed E-state index contributed by atoms with van der Waals surface area (Å²) in [5.74, 6) is 0.801. The van der Waals surface area contributed by atoms with E-state index in [9.17, 15) is 0 Å². The van der Waals surface area contributed by atoms with Gasteiger partial charge in [0.15, 0.2) is 0 Å². The maximum Gasteiger partial charge on any atom is 0.225 e. The summed E-state index contributed by atoms with van der Waals surface area (Å²) in [5, 5.41) is 0. The van der Waals surface area contributed by atoms with E-state index in [4.69, 9.17) is 4.74 Å². The molecule has 0 spiro atoms. The Morgan fingerprint density at radius 1 is 1.36 bits per heavy atom. The van der Waals surface area contributed by atoms with Gasteiger partial charge in [-0.15, -0.1) is 0 Å². The van der Waals surface area contributed by atoms with Gasteiger partial charge in [-0.1, -0.05) is 0 Å². The second-order valence-corrected chi connectivity index (χ2v) is 3.56. The molecule has 0 saturated carbocycles. The molecule has 0 radical (unpaired) electrons. The van der Waals surface area contributed by atoms with Gasteiger partial charge in [-0.25, -0.2) is 9.97 Å². The maximum atomic E-state index is 5.54. The zero-order chi connectivity index (χ0) is 9.97. The summed E-state index contributed by atoms with van der Waals surface area (Å²) in [7, 11) is 0. The Balaban J connectivity index is 2.17. The summed E-state index contributed by atoms with van der Waals surface area (Å²) in [6.07, 6.45) is 3.79. The van der Waals surface area contributed by atoms with Crippen LogP contribution in [0.1, 0.15) is 13.8 Å². The number of rotatable bonds is 1. The van der Waals surface area contributed by atoms with Crippen molar-refractivity contribution in [1.82, 2.24) is 9.97 Å². The van der Waals surface area contributed by atoms with Crippen molar-refractivity contribution in [3.8, 4) is 0 Å². The molecule has 4 heteroatoms. The molecule has 0 aromatic carbocycles. The zero-order valence-corrected chi connectivity index (χ0v) is 8.55. The highest BCUT2D eigenvalue weighted by molar-refractivity contribution is 5.31. The fraction of sp³-hybridized carbons (Fsp3) is 0.600. The third-order valence-electron chi connectivity index (χ3n) is 2.69. The van der Waals surface area contributed by atoms with Gasteiger partial charge in [0.05, 0.1) is 18.8 Å². The molecule has 1 saturated heterocycles. The molecule has 1 aromatic heterocycles. The lowest BCUT2D eigenvalue weighted by Crippen LogP contribution is -2.49. The molecular weight excluding hydrogens is 178 g/mol. The Bertz CT molecular complexity index is 291. The molecule has 2 atom stereocenters. The van der Waals surface area contributed by atoms with Crippen molar-refractivity contribution in [2.75, 3.05) is 18.1 Å². The van der Waals surface area contributed by atoms with Crippen molar-refractivity contribution in [3.05, 3.63) is 18.5 Å². The minimum Gasteiger partial charge on any atom is -0.375 e. The number of anilines is 1. The van der Waals surface area contributed by atoms with Crippen LogP contribution in [0.15, 0.2) is 18.5 Å². The highest BCUT2D eigenvalue weighted by Crippen LogP contribution is 2.17. The summed E-state index contributed by atoms with van der Waals surface area (Å²) >= 11 is 0. The molecular formula is C10H15N3O. The van der Waals surface area contributed by atoms with Gasteiger partial charge in [0, 0.05) is 18.9 Å². The van der Waals surface area contributed by atoms with Gasteiger partial charge >= 0.3 is 0 Å². The van der Waals surface area contributed by atoms with Crippen molar-refractivity contribution in [2.45, 2.75) is 26.0 Å². The van der Waals surface area contributed by atoms with Gasteiger partial charge in [0.25, 0.3) is 0 Å². The molecule has 76 valence electrons. The Morgan fingerprint density at radius 3 is 2.79 bits per heavy atom. The fourth-order valence-corrected chi connectivity index (χ4v) is 1.65. The predicted octanol–water partition coefficient (Wildman–Crippen LogP) is 1.09. The molecule has 0 N–H and O–H groups in total. The van der Waals surface area contributed by atoms with Gasteiger partial charge < -0.3 is 9.64 Å². The van der Waals surface area contributed by atoms with Crippen molar-refractivity contribution in [3.63, 3.8) is 0 Å². The number of hydrogen-bond donors (Lipinski definition) is 0. The third kappa shape index (κ3) is 1.70. The highest BCUT2D eigenvalue weighted by Gasteiger charge is 2.26. The van der Waals surface area contributed by atoms with Crippen LogP contribution < -0.4 is 4.90 Å². The van der Waals surface area contributed by atoms with E-state index in [0.717, 1.165) is 19.1 Å². The molecule has 1 aromatic rings. The predicted molar refractivity (Wildman–Crippen MR) is 54.3 cm³/mol. The standard InChI is InChI=1S/C10H15N3O/c1-8-9(2)14-7-6-13(8)10-11-4-3-5-12-10/h3-5,8-9H,6-7H2,1-2H3/t8-,9+/m0/s1. The van der Waals surface area contributed by atoms with Crippen LogP contribution in [-0.2, 0) is 4.74 Å². The van der Waals surface area contributed by atoms with Crippen LogP contribution in [-0.4, -0.2) is 35.3 Å². The highest BCUT2D eigenvalue weighted by atomic mass is 16.5. The van der Waals surface area contributed by atoms with Gasteiger partial charge in [0.1, 0.15) is 0 Å². The zero-order valence-electron chi connectivity index (χ0n) is 8.55. The van der Waals surface area contributed by atoms with Gasteiger partial charge in [0.2, 0.25) is 5.95 Å². The number of hydrogen-bond acceptors (Lipinski definition) is 4. The summed E-state index contributed by atoms with van der Waals surface area (Å²) < 4.78 is 5.54. The topological polar surface area (TPSA) is 38.2 Å². The van der Waals surface area contributed by atoms with E-state index >= 15 is 0 Å². The summed E-state index contributed by atoms with van der Waals surface area (Å²) in [5.41, 5.74) is 0. The molecule has 0 bridgehead atoms. The van der Waals surface area contributed by atoms with Crippen LogP contribution in [0.4, 0.5) is 5.95 Å². The van der Waals surface area contributed by atoms with E-state index in [-0.39, 0.29) is 6.10 Å². The quantitative estimate of drug-likeness (QED) is 0.669. The van der Waals surface area contributed by atoms with Crippen LogP contribution in [0.2, 0.25) is 0 Å². The molecule has 4 nitrogen and oxygen atoms in total. The van der Waals surface area contributed by atoms with E-state index in [1.54, 1.807) is 12.4 Å². The van der Waals surface area contributed by atoms with E-state index in [0.29, 0.717) is 6.04 Å². The van der Waals surface area contributed by atoms with E-state index in [2.05, 4.69) is 28.7 Å². The number of nitrogens with zero attached hydrogens (tertiary/aromatic N) is 3. The van der Waals surface area contributed by atoms with Gasteiger partial charge in [-0.05, 0) is 19.9 Å². The van der Waals surface area contributed by atoms with Crippen LogP contribution in [0, 0.1) is 0 Å². The lowest BCUT2D eigenvalue weighted by molar-refractivity contribution is 0.0277. The number of ether oxygens (including phenoxy) is 1. The second kappa shape index (κ2) is 3.92. The lowest BCUT2D eigenvalue weighted by Gasteiger charge is -2.37. The molecule has 14 heavy (non-hydrogen) atoms. The largest absolute Gasteiger partial charge is 0.375 e. The first-order valence-corrected chi connectivity index (χ1v) is 4.94. The van der Waals surface area contributed by atoms with Crippen molar-refractivity contribution in [1.29, 1.82) is 0 Å². The van der Waals surface area contributed by atoms with Gasteiger partial charge in [-0.2, -0.15) is 0 Å². The minimum atomic E-state index is 0.243. The molecule has 0 unspecified atom stereocenters. The molecule has 2 heterocycles. The van der Waals surface area contributed by atoms with Crippen LogP contribution in [0.3, 0.4) is 0 Å². The van der Waals surface area contributed by atoms with E-state index < -0.39 is 0 Å². The number of morpholine rings is 1. The summed E-state index contributed by atoms with van der Waals surface area (Å²) in [4.78, 5) is 10.7. The van der Waals surface area contributed by atoms with Crippen molar-refractivity contribution >= 4 is 5.95 Å². The molecule has 1 fully saturated rings. The smallest absolute Gasteiger partial charge is 0.225 e. The average Bonchev–Trinajstić information content (AvgIpc) is 2.23. The summed E-state index contributed by atoms with van der Waals surface area (Å²) in [6, 6.07) is 2.17. The number of aromatic nitrogens is 2. The third-order valence-corrected chi connectivity index (χ3v) is 2.69. The average molecular weight is 193 g/mol. The van der Waals surface area contributed by atoms with E-state index in [1.807, 2.05) is 6.07 Å². The molecule has 0 amide bonds. The maximum absolute atomic E-state index is 5.54. The normalized spacial score (nSPS) is 27.7. The van der Waals surface area contributed by atoms with E-state index in [1.165, 1.54) is 0 Å². The molecule has 2 rings (SSSR count). The first kappa shape index (κ1) is 9.40. The van der Waals surface area contributed by atoms with Gasteiger partial charge in [-0.3, -0.25) is 0 Å². The minimum absolute atomic E-state index is 0.243. The Kier molecular flexibility index (Phi) is 2.63. The van der Waals surface area contributed by atoms with Crippen LogP contribution >= 0.6 is 0 Å². The van der Waals surface area contributed by atoms with Crippen LogP contribution in [0.25, 0.3) is 0 Å². The molecule has 0 aliphatic carbocycles. The lowest BCUT2D eigenvalue weighted by atomic mass is 10.1. The SMILES string of the molecule is C[C@H]1OCCN(c2ncccn2)[C@H]1C. The van der Waals surface area contributed by atoms with Crippen molar-refractivity contribution in [2.24, 2.45) is 0 Å². The second-order valence-electron chi connectivity index (χ2n) is 3.56.